The molecule has 0 aromatic carbocycles. The van der Waals surface area contributed by atoms with E-state index in [4.69, 9.17) is 5.11 Å². The molecule has 0 atom stereocenters. The van der Waals surface area contributed by atoms with Crippen LogP contribution in [0.1, 0.15) is 18.7 Å². The topological polar surface area (TPSA) is 91.8 Å². The highest BCUT2D eigenvalue weighted by atomic mass is 16.4. The minimum absolute atomic E-state index is 0.142. The number of rotatable bonds is 5. The second-order valence-corrected chi connectivity index (χ2v) is 3.59. The average Bonchev–Trinajstić information content (AvgIpc) is 2.78. The number of nitrogens with one attached hydrogen (secondary N) is 1. The number of carboxylic acid groups (broad SMARTS) is 1. The number of aromatic amines is 1. The molecule has 2 aromatic rings. The molecule has 0 spiro atoms. The van der Waals surface area contributed by atoms with Gasteiger partial charge in [0.2, 0.25) is 0 Å². The molecule has 6 heteroatoms. The molecule has 2 N–H and O–H groups in total. The average molecular weight is 232 g/mol. The lowest BCUT2D eigenvalue weighted by molar-refractivity contribution is -0.137. The molecule has 0 radical (unpaired) electrons. The van der Waals surface area contributed by atoms with Crippen molar-refractivity contribution in [2.45, 2.75) is 19.3 Å². The van der Waals surface area contributed by atoms with Crippen LogP contribution in [0.5, 0.6) is 0 Å². The first kappa shape index (κ1) is 11.3. The number of pyridine rings is 1. The van der Waals surface area contributed by atoms with Gasteiger partial charge in [-0.25, -0.2) is 4.98 Å². The van der Waals surface area contributed by atoms with E-state index in [1.54, 1.807) is 12.4 Å². The standard InChI is InChI=1S/C11H12N4O2/c16-10(17)5-1-4-9-13-11(15-14-9)8-3-2-6-12-7-8/h2-3,6-7H,1,4-5H2,(H,16,17)(H,13,14,15). The molecule has 0 aliphatic carbocycles. The van der Waals surface area contributed by atoms with Crippen molar-refractivity contribution in [3.05, 3.63) is 30.4 Å². The molecular weight excluding hydrogens is 220 g/mol. The zero-order valence-electron chi connectivity index (χ0n) is 9.13. The van der Waals surface area contributed by atoms with Crippen LogP contribution in [0.4, 0.5) is 0 Å². The maximum Gasteiger partial charge on any atom is 0.303 e. The second-order valence-electron chi connectivity index (χ2n) is 3.59. The predicted octanol–water partition coefficient (Wildman–Crippen LogP) is 1.27. The number of hydrogen-bond acceptors (Lipinski definition) is 4. The summed E-state index contributed by atoms with van der Waals surface area (Å²) in [6.45, 7) is 0. The van der Waals surface area contributed by atoms with Gasteiger partial charge in [-0.15, -0.1) is 0 Å². The van der Waals surface area contributed by atoms with Crippen molar-refractivity contribution in [1.82, 2.24) is 20.2 Å². The van der Waals surface area contributed by atoms with E-state index < -0.39 is 5.97 Å². The fraction of sp³-hybridized carbons (Fsp3) is 0.273. The smallest absolute Gasteiger partial charge is 0.303 e. The summed E-state index contributed by atoms with van der Waals surface area (Å²) in [5, 5.41) is 15.4. The number of nitrogens with zero attached hydrogens (tertiary/aromatic N) is 3. The van der Waals surface area contributed by atoms with Gasteiger partial charge in [0.1, 0.15) is 5.82 Å². The molecule has 2 rings (SSSR count). The first-order valence-electron chi connectivity index (χ1n) is 5.29. The summed E-state index contributed by atoms with van der Waals surface area (Å²) in [7, 11) is 0. The van der Waals surface area contributed by atoms with Crippen LogP contribution in [0.2, 0.25) is 0 Å². The Morgan fingerprint density at radius 3 is 3.06 bits per heavy atom. The monoisotopic (exact) mass is 232 g/mol. The first-order chi connectivity index (χ1) is 8.25. The minimum Gasteiger partial charge on any atom is -0.481 e. The number of H-pyrrole nitrogens is 1. The fourth-order valence-electron chi connectivity index (χ4n) is 1.44. The molecule has 0 saturated heterocycles. The van der Waals surface area contributed by atoms with Crippen molar-refractivity contribution >= 4 is 5.97 Å². The van der Waals surface area contributed by atoms with Crippen molar-refractivity contribution in [3.8, 4) is 11.4 Å². The Bertz CT molecular complexity index is 495. The van der Waals surface area contributed by atoms with Crippen LogP contribution in [0.15, 0.2) is 24.5 Å². The summed E-state index contributed by atoms with van der Waals surface area (Å²) in [4.78, 5) is 18.6. The third-order valence-corrected chi connectivity index (χ3v) is 2.26. The van der Waals surface area contributed by atoms with E-state index in [0.29, 0.717) is 24.5 Å². The summed E-state index contributed by atoms with van der Waals surface area (Å²) in [6, 6.07) is 3.69. The molecule has 0 unspecified atom stereocenters. The van der Waals surface area contributed by atoms with Crippen LogP contribution in [0, 0.1) is 0 Å². The molecule has 0 aliphatic rings. The number of aryl methyl sites for hydroxylation is 1. The van der Waals surface area contributed by atoms with Gasteiger partial charge in [-0.05, 0) is 18.6 Å². The van der Waals surface area contributed by atoms with Gasteiger partial charge in [0.25, 0.3) is 0 Å². The third-order valence-electron chi connectivity index (χ3n) is 2.26. The van der Waals surface area contributed by atoms with E-state index in [0.717, 1.165) is 5.56 Å². The summed E-state index contributed by atoms with van der Waals surface area (Å²) >= 11 is 0. The molecule has 17 heavy (non-hydrogen) atoms. The highest BCUT2D eigenvalue weighted by Crippen LogP contribution is 2.12. The summed E-state index contributed by atoms with van der Waals surface area (Å²) < 4.78 is 0. The minimum atomic E-state index is -0.794. The molecule has 0 bridgehead atoms. The third kappa shape index (κ3) is 3.10. The van der Waals surface area contributed by atoms with E-state index in [9.17, 15) is 4.79 Å². The zero-order valence-corrected chi connectivity index (χ0v) is 9.13. The summed E-state index contributed by atoms with van der Waals surface area (Å²) in [5.41, 5.74) is 0.841. The maximum absolute atomic E-state index is 10.4. The fourth-order valence-corrected chi connectivity index (χ4v) is 1.44. The second kappa shape index (κ2) is 5.20. The molecule has 0 saturated carbocycles. The molecule has 0 amide bonds. The van der Waals surface area contributed by atoms with E-state index in [2.05, 4.69) is 20.2 Å². The molecular formula is C11H12N4O2. The van der Waals surface area contributed by atoms with E-state index in [1.807, 2.05) is 12.1 Å². The van der Waals surface area contributed by atoms with Gasteiger partial charge in [-0.3, -0.25) is 14.9 Å². The number of hydrogen-bond donors (Lipinski definition) is 2. The highest BCUT2D eigenvalue weighted by molar-refractivity contribution is 5.66. The van der Waals surface area contributed by atoms with Crippen LogP contribution in [0.3, 0.4) is 0 Å². The van der Waals surface area contributed by atoms with Gasteiger partial charge >= 0.3 is 5.97 Å². The highest BCUT2D eigenvalue weighted by Gasteiger charge is 2.06. The maximum atomic E-state index is 10.4. The largest absolute Gasteiger partial charge is 0.481 e. The Kier molecular flexibility index (Phi) is 3.44. The molecule has 2 heterocycles. The van der Waals surface area contributed by atoms with Gasteiger partial charge in [-0.2, -0.15) is 5.10 Å². The molecule has 0 fully saturated rings. The first-order valence-corrected chi connectivity index (χ1v) is 5.29. The predicted molar refractivity (Wildman–Crippen MR) is 60.2 cm³/mol. The van der Waals surface area contributed by atoms with E-state index in [1.165, 1.54) is 0 Å². The van der Waals surface area contributed by atoms with Gasteiger partial charge < -0.3 is 5.11 Å². The lowest BCUT2D eigenvalue weighted by Crippen LogP contribution is -1.96. The number of aromatic nitrogens is 4. The van der Waals surface area contributed by atoms with Gasteiger partial charge in [0.05, 0.1) is 0 Å². The quantitative estimate of drug-likeness (QED) is 0.810. The van der Waals surface area contributed by atoms with Crippen molar-refractivity contribution < 1.29 is 9.90 Å². The summed E-state index contributed by atoms with van der Waals surface area (Å²) in [5.74, 6) is 0.491. The van der Waals surface area contributed by atoms with Crippen LogP contribution in [-0.2, 0) is 11.2 Å². The Morgan fingerprint density at radius 1 is 1.47 bits per heavy atom. The van der Waals surface area contributed by atoms with Gasteiger partial charge in [-0.1, -0.05) is 0 Å². The zero-order chi connectivity index (χ0) is 12.1. The molecule has 6 nitrogen and oxygen atoms in total. The molecule has 0 aliphatic heterocycles. The van der Waals surface area contributed by atoms with Crippen molar-refractivity contribution in [2.75, 3.05) is 0 Å². The Hall–Kier alpha value is -2.24. The van der Waals surface area contributed by atoms with E-state index in [-0.39, 0.29) is 6.42 Å². The van der Waals surface area contributed by atoms with Crippen LogP contribution in [-0.4, -0.2) is 31.2 Å². The lowest BCUT2D eigenvalue weighted by Gasteiger charge is -1.93. The number of carbonyl (C=O) groups is 1. The Balaban J connectivity index is 1.99. The molecule has 88 valence electrons. The van der Waals surface area contributed by atoms with Gasteiger partial charge in [0, 0.05) is 30.8 Å². The van der Waals surface area contributed by atoms with Crippen molar-refractivity contribution in [2.24, 2.45) is 0 Å². The molecule has 2 aromatic heterocycles. The van der Waals surface area contributed by atoms with Gasteiger partial charge in [0.15, 0.2) is 5.82 Å². The van der Waals surface area contributed by atoms with Crippen LogP contribution >= 0.6 is 0 Å². The lowest BCUT2D eigenvalue weighted by atomic mass is 10.2. The SMILES string of the molecule is O=C(O)CCCc1nc(-c2cccnc2)n[nH]1. The Morgan fingerprint density at radius 2 is 2.35 bits per heavy atom. The van der Waals surface area contributed by atoms with Crippen molar-refractivity contribution in [1.29, 1.82) is 0 Å². The van der Waals surface area contributed by atoms with Crippen LogP contribution < -0.4 is 0 Å². The number of carboxylic acids is 1. The Labute approximate surface area is 97.7 Å². The van der Waals surface area contributed by atoms with E-state index >= 15 is 0 Å². The van der Waals surface area contributed by atoms with Crippen molar-refractivity contribution in [3.63, 3.8) is 0 Å². The van der Waals surface area contributed by atoms with Crippen LogP contribution in [0.25, 0.3) is 11.4 Å². The summed E-state index contributed by atoms with van der Waals surface area (Å²) in [6.07, 6.45) is 4.65. The number of aliphatic carboxylic acids is 1. The normalized spacial score (nSPS) is 10.4.